The van der Waals surface area contributed by atoms with E-state index >= 15 is 0 Å². The fraction of sp³-hybridized carbons (Fsp3) is 0.438. The molecule has 1 aromatic carbocycles. The number of methoxy groups -OCH3 is 2. The molecule has 0 radical (unpaired) electrons. The van der Waals surface area contributed by atoms with E-state index in [1.54, 1.807) is 20.3 Å². The Hall–Kier alpha value is -2.22. The third-order valence-corrected chi connectivity index (χ3v) is 3.64. The molecule has 8 heteroatoms. The molecule has 0 aliphatic carbocycles. The normalized spacial score (nSPS) is 11.6. The fourth-order valence-electron chi connectivity index (χ4n) is 2.47. The third kappa shape index (κ3) is 4.19. The lowest BCUT2D eigenvalue weighted by Crippen LogP contribution is -2.20. The van der Waals surface area contributed by atoms with E-state index < -0.39 is 11.9 Å². The average molecular weight is 343 g/mol. The van der Waals surface area contributed by atoms with Crippen LogP contribution in [-0.2, 0) is 26.2 Å². The summed E-state index contributed by atoms with van der Waals surface area (Å²) >= 11 is 0. The van der Waals surface area contributed by atoms with Crippen molar-refractivity contribution in [3.8, 4) is 11.5 Å². The molecule has 0 bridgehead atoms. The Morgan fingerprint density at radius 2 is 1.88 bits per heavy atom. The Bertz CT molecular complexity index is 684. The number of ether oxygens (including phenoxy) is 2. The minimum atomic E-state index is -4.41. The Morgan fingerprint density at radius 3 is 2.50 bits per heavy atom. The molecule has 0 spiro atoms. The van der Waals surface area contributed by atoms with Crippen LogP contribution in [0.3, 0.4) is 0 Å². The zero-order valence-corrected chi connectivity index (χ0v) is 13.8. The van der Waals surface area contributed by atoms with Gasteiger partial charge in [0.25, 0.3) is 0 Å². The van der Waals surface area contributed by atoms with Crippen LogP contribution in [-0.4, -0.2) is 30.5 Å². The molecule has 0 aliphatic heterocycles. The zero-order valence-electron chi connectivity index (χ0n) is 13.8. The topological polar surface area (TPSA) is 48.3 Å². The van der Waals surface area contributed by atoms with Gasteiger partial charge in [-0.05, 0) is 30.7 Å². The molecule has 5 nitrogen and oxygen atoms in total. The number of aromatic nitrogens is 2. The number of nitrogens with one attached hydrogen (secondary N) is 1. The first-order chi connectivity index (χ1) is 11.4. The van der Waals surface area contributed by atoms with Gasteiger partial charge < -0.3 is 14.8 Å². The molecule has 0 saturated heterocycles. The number of hydrogen-bond donors (Lipinski definition) is 1. The number of nitrogens with zero attached hydrogens (tertiary/aromatic N) is 2. The lowest BCUT2D eigenvalue weighted by atomic mass is 10.1. The van der Waals surface area contributed by atoms with Crippen LogP contribution in [0.2, 0.25) is 0 Å². The van der Waals surface area contributed by atoms with E-state index in [-0.39, 0.29) is 12.1 Å². The van der Waals surface area contributed by atoms with E-state index in [4.69, 9.17) is 9.47 Å². The number of hydrogen-bond acceptors (Lipinski definition) is 4. The molecule has 2 aromatic rings. The Kier molecular flexibility index (Phi) is 5.71. The molecular weight excluding hydrogens is 323 g/mol. The summed E-state index contributed by atoms with van der Waals surface area (Å²) in [5, 5.41) is 6.70. The predicted molar refractivity (Wildman–Crippen MR) is 83.2 cm³/mol. The van der Waals surface area contributed by atoms with Crippen LogP contribution in [0.1, 0.15) is 16.8 Å². The third-order valence-electron chi connectivity index (χ3n) is 3.64. The maximum absolute atomic E-state index is 13.0. The van der Waals surface area contributed by atoms with Crippen LogP contribution >= 0.6 is 0 Å². The first kappa shape index (κ1) is 18.1. The number of alkyl halides is 3. The minimum absolute atomic E-state index is 0.107. The van der Waals surface area contributed by atoms with Gasteiger partial charge in [-0.2, -0.15) is 18.3 Å². The van der Waals surface area contributed by atoms with E-state index in [0.717, 1.165) is 10.2 Å². The number of aryl methyl sites for hydroxylation is 1. The minimum Gasteiger partial charge on any atom is -0.493 e. The van der Waals surface area contributed by atoms with Gasteiger partial charge in [0.15, 0.2) is 11.5 Å². The Labute approximate surface area is 138 Å². The predicted octanol–water partition coefficient (Wildman–Crippen LogP) is 2.79. The maximum atomic E-state index is 13.0. The van der Waals surface area contributed by atoms with Crippen molar-refractivity contribution in [2.75, 3.05) is 20.8 Å². The van der Waals surface area contributed by atoms with Gasteiger partial charge in [-0.1, -0.05) is 6.07 Å². The van der Waals surface area contributed by atoms with Crippen LogP contribution < -0.4 is 14.8 Å². The van der Waals surface area contributed by atoms with Crippen molar-refractivity contribution in [1.82, 2.24) is 15.1 Å². The van der Waals surface area contributed by atoms with Crippen molar-refractivity contribution in [2.24, 2.45) is 7.05 Å². The van der Waals surface area contributed by atoms with Gasteiger partial charge in [-0.3, -0.25) is 4.68 Å². The van der Waals surface area contributed by atoms with E-state index in [2.05, 4.69) is 10.4 Å². The fourth-order valence-corrected chi connectivity index (χ4v) is 2.47. The van der Waals surface area contributed by atoms with Crippen LogP contribution in [0, 0.1) is 0 Å². The van der Waals surface area contributed by atoms with Gasteiger partial charge in [0.1, 0.15) is 5.69 Å². The summed E-state index contributed by atoms with van der Waals surface area (Å²) in [6.07, 6.45) is -2.51. The Balaban J connectivity index is 1.92. The summed E-state index contributed by atoms with van der Waals surface area (Å²) in [6, 6.07) is 5.55. The second-order valence-corrected chi connectivity index (χ2v) is 5.26. The molecule has 1 aromatic heterocycles. The molecular formula is C16H20F3N3O2. The number of rotatable bonds is 7. The second-order valence-electron chi connectivity index (χ2n) is 5.26. The molecule has 0 unspecified atom stereocenters. The first-order valence-corrected chi connectivity index (χ1v) is 7.36. The van der Waals surface area contributed by atoms with Gasteiger partial charge in [0.2, 0.25) is 0 Å². The van der Waals surface area contributed by atoms with Gasteiger partial charge in [0.05, 0.1) is 20.4 Å². The number of halogens is 3. The maximum Gasteiger partial charge on any atom is 0.433 e. The van der Waals surface area contributed by atoms with Crippen molar-refractivity contribution in [1.29, 1.82) is 0 Å². The quantitative estimate of drug-likeness (QED) is 0.786. The molecule has 1 heterocycles. The van der Waals surface area contributed by atoms with Gasteiger partial charge in [-0.25, -0.2) is 0 Å². The van der Waals surface area contributed by atoms with Gasteiger partial charge >= 0.3 is 6.18 Å². The molecule has 1 N–H and O–H groups in total. The smallest absolute Gasteiger partial charge is 0.433 e. The highest BCUT2D eigenvalue weighted by Gasteiger charge is 2.36. The van der Waals surface area contributed by atoms with Crippen molar-refractivity contribution < 1.29 is 22.6 Å². The van der Waals surface area contributed by atoms with E-state index in [1.165, 1.54) is 13.2 Å². The van der Waals surface area contributed by atoms with Crippen LogP contribution in [0.5, 0.6) is 11.5 Å². The average Bonchev–Trinajstić information content (AvgIpc) is 2.92. The van der Waals surface area contributed by atoms with Crippen LogP contribution in [0.25, 0.3) is 0 Å². The summed E-state index contributed by atoms with van der Waals surface area (Å²) in [5.74, 6) is 1.26. The monoisotopic (exact) mass is 343 g/mol. The van der Waals surface area contributed by atoms with Crippen molar-refractivity contribution >= 4 is 0 Å². The number of benzene rings is 1. The molecule has 2 rings (SSSR count). The Morgan fingerprint density at radius 1 is 1.17 bits per heavy atom. The van der Waals surface area contributed by atoms with E-state index in [1.807, 2.05) is 12.1 Å². The van der Waals surface area contributed by atoms with Crippen molar-refractivity contribution in [3.63, 3.8) is 0 Å². The van der Waals surface area contributed by atoms with E-state index in [9.17, 15) is 13.2 Å². The first-order valence-electron chi connectivity index (χ1n) is 7.36. The second kappa shape index (κ2) is 7.57. The van der Waals surface area contributed by atoms with Crippen molar-refractivity contribution in [2.45, 2.75) is 19.1 Å². The standard InChI is InChI=1S/C16H20F3N3O2/c1-22-15(16(17,18)19)12(10-21-22)9-20-7-6-11-4-5-13(23-2)14(8-11)24-3/h4-5,8,10,20H,6-7,9H2,1-3H3. The van der Waals surface area contributed by atoms with Crippen LogP contribution in [0.4, 0.5) is 13.2 Å². The molecule has 0 aliphatic rings. The molecule has 0 amide bonds. The SMILES string of the molecule is COc1ccc(CCNCc2cnn(C)c2C(F)(F)F)cc1OC. The highest BCUT2D eigenvalue weighted by atomic mass is 19.4. The zero-order chi connectivity index (χ0) is 17.7. The van der Waals surface area contributed by atoms with Gasteiger partial charge in [0, 0.05) is 19.2 Å². The van der Waals surface area contributed by atoms with Crippen molar-refractivity contribution in [3.05, 3.63) is 41.2 Å². The van der Waals surface area contributed by atoms with Gasteiger partial charge in [-0.15, -0.1) is 0 Å². The summed E-state index contributed by atoms with van der Waals surface area (Å²) in [6.45, 7) is 0.637. The molecule has 132 valence electrons. The molecule has 0 atom stereocenters. The summed E-state index contributed by atoms with van der Waals surface area (Å²) in [4.78, 5) is 0. The van der Waals surface area contributed by atoms with Crippen LogP contribution in [0.15, 0.2) is 24.4 Å². The van der Waals surface area contributed by atoms with E-state index in [0.29, 0.717) is 24.5 Å². The molecule has 0 fully saturated rings. The summed E-state index contributed by atoms with van der Waals surface area (Å²) < 4.78 is 50.1. The molecule has 24 heavy (non-hydrogen) atoms. The lowest BCUT2D eigenvalue weighted by molar-refractivity contribution is -0.144. The highest BCUT2D eigenvalue weighted by Crippen LogP contribution is 2.31. The summed E-state index contributed by atoms with van der Waals surface area (Å²) in [7, 11) is 4.40. The largest absolute Gasteiger partial charge is 0.493 e. The molecule has 0 saturated carbocycles. The summed E-state index contributed by atoms with van der Waals surface area (Å²) in [5.41, 5.74) is 0.417. The highest BCUT2D eigenvalue weighted by molar-refractivity contribution is 5.42. The lowest BCUT2D eigenvalue weighted by Gasteiger charge is -2.11.